The topological polar surface area (TPSA) is 96.0 Å². The van der Waals surface area contributed by atoms with Crippen LogP contribution in [-0.4, -0.2) is 21.0 Å². The molecule has 1 unspecified atom stereocenters. The van der Waals surface area contributed by atoms with Crippen molar-refractivity contribution in [1.82, 2.24) is 4.72 Å². The summed E-state index contributed by atoms with van der Waals surface area (Å²) in [4.78, 5) is 0.130. The molecule has 1 atom stereocenters. The van der Waals surface area contributed by atoms with Gasteiger partial charge in [-0.2, -0.15) is 5.26 Å². The molecule has 0 heterocycles. The van der Waals surface area contributed by atoms with Crippen LogP contribution in [0.1, 0.15) is 25.0 Å². The van der Waals surface area contributed by atoms with Crippen molar-refractivity contribution >= 4 is 10.0 Å². The van der Waals surface area contributed by atoms with Gasteiger partial charge in [-0.05, 0) is 30.5 Å². The highest BCUT2D eigenvalue weighted by Gasteiger charge is 2.23. The highest BCUT2D eigenvalue weighted by molar-refractivity contribution is 7.89. The van der Waals surface area contributed by atoms with Crippen LogP contribution >= 0.6 is 0 Å². The van der Waals surface area contributed by atoms with Gasteiger partial charge < -0.3 is 5.73 Å². The highest BCUT2D eigenvalue weighted by Crippen LogP contribution is 2.17. The summed E-state index contributed by atoms with van der Waals surface area (Å²) in [6.07, 6.45) is 0. The van der Waals surface area contributed by atoms with Crippen LogP contribution in [0.2, 0.25) is 0 Å². The van der Waals surface area contributed by atoms with E-state index in [1.807, 2.05) is 19.9 Å². The first-order valence-electron chi connectivity index (χ1n) is 6.05. The molecule has 0 aliphatic rings. The van der Waals surface area contributed by atoms with Crippen molar-refractivity contribution < 1.29 is 8.42 Å². The van der Waals surface area contributed by atoms with Crippen molar-refractivity contribution in [2.75, 3.05) is 6.54 Å². The van der Waals surface area contributed by atoms with Gasteiger partial charge in [-0.3, -0.25) is 0 Å². The molecule has 0 saturated carbocycles. The molecule has 0 radical (unpaired) electrons. The minimum Gasteiger partial charge on any atom is -0.329 e. The van der Waals surface area contributed by atoms with E-state index in [0.717, 1.165) is 0 Å². The summed E-state index contributed by atoms with van der Waals surface area (Å²) in [5.41, 5.74) is 6.50. The second-order valence-electron chi connectivity index (χ2n) is 4.80. The van der Waals surface area contributed by atoms with E-state index in [9.17, 15) is 8.42 Å². The van der Waals surface area contributed by atoms with Gasteiger partial charge in [0, 0.05) is 12.6 Å². The molecule has 3 N–H and O–H groups in total. The number of nitrogens with one attached hydrogen (secondary N) is 1. The Bertz CT molecular complexity index is 588. The number of benzene rings is 1. The van der Waals surface area contributed by atoms with E-state index in [1.54, 1.807) is 19.1 Å². The Morgan fingerprint density at radius 1 is 1.42 bits per heavy atom. The second kappa shape index (κ2) is 6.15. The van der Waals surface area contributed by atoms with E-state index in [1.165, 1.54) is 6.07 Å². The Hall–Kier alpha value is -1.42. The Morgan fingerprint density at radius 3 is 2.53 bits per heavy atom. The van der Waals surface area contributed by atoms with Crippen molar-refractivity contribution in [3.8, 4) is 6.07 Å². The molecule has 0 spiro atoms. The van der Waals surface area contributed by atoms with E-state index in [4.69, 9.17) is 11.0 Å². The number of nitrogens with zero attached hydrogens (tertiary/aromatic N) is 1. The van der Waals surface area contributed by atoms with Crippen LogP contribution in [0, 0.1) is 24.2 Å². The quantitative estimate of drug-likeness (QED) is 0.845. The van der Waals surface area contributed by atoms with Crippen LogP contribution in [0.5, 0.6) is 0 Å². The lowest BCUT2D eigenvalue weighted by Gasteiger charge is -2.21. The Balaban J connectivity index is 3.17. The van der Waals surface area contributed by atoms with Gasteiger partial charge in [-0.25, -0.2) is 13.1 Å². The molecule has 1 aromatic rings. The number of hydrogen-bond acceptors (Lipinski definition) is 4. The third-order valence-corrected chi connectivity index (χ3v) is 4.60. The fraction of sp³-hybridized carbons (Fsp3) is 0.462. The molecule has 0 saturated heterocycles. The number of sulfonamides is 1. The van der Waals surface area contributed by atoms with Crippen LogP contribution in [0.4, 0.5) is 0 Å². The summed E-state index contributed by atoms with van der Waals surface area (Å²) in [6.45, 7) is 5.73. The van der Waals surface area contributed by atoms with Gasteiger partial charge in [-0.1, -0.05) is 19.9 Å². The zero-order chi connectivity index (χ0) is 14.6. The first kappa shape index (κ1) is 15.6. The van der Waals surface area contributed by atoms with Crippen molar-refractivity contribution in [3.63, 3.8) is 0 Å². The predicted molar refractivity (Wildman–Crippen MR) is 73.9 cm³/mol. The zero-order valence-corrected chi connectivity index (χ0v) is 12.2. The maximum Gasteiger partial charge on any atom is 0.241 e. The molecule has 0 aromatic heterocycles. The molecule has 0 aliphatic carbocycles. The summed E-state index contributed by atoms with van der Waals surface area (Å²) < 4.78 is 27.2. The third-order valence-electron chi connectivity index (χ3n) is 2.97. The molecule has 1 aromatic carbocycles. The first-order valence-corrected chi connectivity index (χ1v) is 7.53. The molecule has 104 valence electrons. The number of nitrogens with two attached hydrogens (primary N) is 1. The van der Waals surface area contributed by atoms with Crippen LogP contribution in [0.3, 0.4) is 0 Å². The number of nitriles is 1. The molecule has 19 heavy (non-hydrogen) atoms. The lowest BCUT2D eigenvalue weighted by Crippen LogP contribution is -2.43. The Kier molecular flexibility index (Phi) is 5.06. The maximum absolute atomic E-state index is 12.3. The predicted octanol–water partition coefficient (Wildman–Crippen LogP) is 1.13. The summed E-state index contributed by atoms with van der Waals surface area (Å²) >= 11 is 0. The normalized spacial score (nSPS) is 13.3. The smallest absolute Gasteiger partial charge is 0.241 e. The van der Waals surface area contributed by atoms with Crippen LogP contribution in [-0.2, 0) is 10.0 Å². The summed E-state index contributed by atoms with van der Waals surface area (Å²) in [5.74, 6) is 0.0965. The van der Waals surface area contributed by atoms with E-state index in [-0.39, 0.29) is 23.4 Å². The van der Waals surface area contributed by atoms with E-state index < -0.39 is 10.0 Å². The van der Waals surface area contributed by atoms with Crippen LogP contribution in [0.25, 0.3) is 0 Å². The average molecular weight is 281 g/mol. The van der Waals surface area contributed by atoms with Gasteiger partial charge >= 0.3 is 0 Å². The average Bonchev–Trinajstić information content (AvgIpc) is 2.36. The zero-order valence-electron chi connectivity index (χ0n) is 11.3. The molecule has 0 amide bonds. The van der Waals surface area contributed by atoms with Crippen LogP contribution < -0.4 is 10.5 Å². The van der Waals surface area contributed by atoms with Gasteiger partial charge in [0.15, 0.2) is 0 Å². The van der Waals surface area contributed by atoms with Crippen LogP contribution in [0.15, 0.2) is 23.1 Å². The summed E-state index contributed by atoms with van der Waals surface area (Å²) in [7, 11) is -3.66. The maximum atomic E-state index is 12.3. The largest absolute Gasteiger partial charge is 0.329 e. The molecule has 0 aliphatic heterocycles. The van der Waals surface area contributed by atoms with Crippen molar-refractivity contribution in [1.29, 1.82) is 5.26 Å². The monoisotopic (exact) mass is 281 g/mol. The van der Waals surface area contributed by atoms with Gasteiger partial charge in [-0.15, -0.1) is 0 Å². The minimum absolute atomic E-state index is 0.0965. The van der Waals surface area contributed by atoms with Gasteiger partial charge in [0.05, 0.1) is 16.5 Å². The van der Waals surface area contributed by atoms with Crippen molar-refractivity contribution in [2.45, 2.75) is 31.7 Å². The van der Waals surface area contributed by atoms with Crippen molar-refractivity contribution in [2.24, 2.45) is 11.7 Å². The molecule has 5 nitrogen and oxygen atoms in total. The lowest BCUT2D eigenvalue weighted by molar-refractivity contribution is 0.454. The molecule has 1 rings (SSSR count). The Labute approximate surface area is 114 Å². The summed E-state index contributed by atoms with van der Waals surface area (Å²) in [5, 5.41) is 8.85. The van der Waals surface area contributed by atoms with Gasteiger partial charge in [0.25, 0.3) is 0 Å². The Morgan fingerprint density at radius 2 is 2.05 bits per heavy atom. The van der Waals surface area contributed by atoms with Gasteiger partial charge in [0.1, 0.15) is 0 Å². The van der Waals surface area contributed by atoms with E-state index in [2.05, 4.69) is 4.72 Å². The SMILES string of the molecule is Cc1ccc(C#N)cc1S(=O)(=O)NC(CN)C(C)C. The summed E-state index contributed by atoms with van der Waals surface area (Å²) in [6, 6.07) is 6.22. The van der Waals surface area contributed by atoms with E-state index in [0.29, 0.717) is 11.1 Å². The lowest BCUT2D eigenvalue weighted by atomic mass is 10.1. The molecular formula is C13H19N3O2S. The molecule has 0 fully saturated rings. The highest BCUT2D eigenvalue weighted by atomic mass is 32.2. The van der Waals surface area contributed by atoms with Crippen molar-refractivity contribution in [3.05, 3.63) is 29.3 Å². The molecular weight excluding hydrogens is 262 g/mol. The van der Waals surface area contributed by atoms with Gasteiger partial charge in [0.2, 0.25) is 10.0 Å². The fourth-order valence-corrected chi connectivity index (χ4v) is 3.35. The molecule has 6 heteroatoms. The number of hydrogen-bond donors (Lipinski definition) is 2. The number of rotatable bonds is 5. The molecule has 0 bridgehead atoms. The minimum atomic E-state index is -3.66. The fourth-order valence-electron chi connectivity index (χ4n) is 1.68. The third kappa shape index (κ3) is 3.77. The standard InChI is InChI=1S/C13H19N3O2S/c1-9(2)12(8-15)16-19(17,18)13-6-11(7-14)5-4-10(13)3/h4-6,9,12,16H,8,15H2,1-3H3. The first-order chi connectivity index (χ1) is 8.81. The van der Waals surface area contributed by atoms with E-state index >= 15 is 0 Å². The second-order valence-corrected chi connectivity index (χ2v) is 6.48. The number of aryl methyl sites for hydroxylation is 1.